The van der Waals surface area contributed by atoms with Crippen molar-refractivity contribution in [2.75, 3.05) is 0 Å². The Labute approximate surface area is 156 Å². The van der Waals surface area contributed by atoms with E-state index >= 15 is 0 Å². The van der Waals surface area contributed by atoms with Crippen molar-refractivity contribution in [1.82, 2.24) is 0 Å². The molecule has 0 bridgehead atoms. The summed E-state index contributed by atoms with van der Waals surface area (Å²) < 4.78 is 0. The number of hydrogen-bond acceptors (Lipinski definition) is 6. The molecule has 0 saturated carbocycles. The maximum atomic E-state index is 6.50. The van der Waals surface area contributed by atoms with Crippen molar-refractivity contribution < 1.29 is 36.5 Å². The van der Waals surface area contributed by atoms with Crippen LogP contribution in [0.3, 0.4) is 0 Å². The van der Waals surface area contributed by atoms with Crippen LogP contribution < -0.4 is 0 Å². The molecule has 0 aliphatic heterocycles. The van der Waals surface area contributed by atoms with E-state index in [4.69, 9.17) is 31.6 Å². The minimum Gasteiger partial charge on any atom is 0 e. The van der Waals surface area contributed by atoms with Crippen molar-refractivity contribution >= 4 is 51.4 Å². The Bertz CT molecular complexity index is 103. The number of hydrogen-bond donors (Lipinski definition) is 0. The first-order chi connectivity index (χ1) is 6.00. The molecule has 0 aromatic heterocycles. The van der Waals surface area contributed by atoms with E-state index in [1.54, 1.807) is 0 Å². The van der Waals surface area contributed by atoms with Crippen LogP contribution in [0.2, 0.25) is 0 Å². The molecule has 0 amide bonds. The SMILES string of the molecule is C#N.C#N.C#N.C#N.C#N.C#N.[Fe].[KH].[Zn]. The van der Waals surface area contributed by atoms with Gasteiger partial charge in [-0.25, -0.2) is 31.6 Å². The number of nitriles is 6. The summed E-state index contributed by atoms with van der Waals surface area (Å²) in [6, 6.07) is 0. The quantitative estimate of drug-likeness (QED) is 0.582. The molecule has 0 N–H and O–H groups in total. The Kier molecular flexibility index (Phi) is 159000. The molecule has 0 aromatic rings. The van der Waals surface area contributed by atoms with Gasteiger partial charge in [0.1, 0.15) is 0 Å². The van der Waals surface area contributed by atoms with Gasteiger partial charge in [-0.2, -0.15) is 0 Å². The monoisotopic (exact) mass is 322 g/mol. The standard InChI is InChI=1S/6CHN.Fe.K.Zn.H/c6*1-2;;;;/h6*1H;;;;. The summed E-state index contributed by atoms with van der Waals surface area (Å²) in [5, 5.41) is 39.0. The average Bonchev–Trinajstić information content (AvgIpc) is 2.33. The smallest absolute Gasteiger partial charge is 0 e. The van der Waals surface area contributed by atoms with Gasteiger partial charge in [-0.05, 0) is 0 Å². The van der Waals surface area contributed by atoms with Crippen LogP contribution in [0.25, 0.3) is 0 Å². The largest absolute Gasteiger partial charge is 0 e. The average molecular weight is 323 g/mol. The molecule has 0 fully saturated rings. The number of rotatable bonds is 0. The summed E-state index contributed by atoms with van der Waals surface area (Å²) in [5.41, 5.74) is 0. The molecular weight excluding hydrogens is 316 g/mol. The van der Waals surface area contributed by atoms with E-state index in [1.165, 1.54) is 0 Å². The van der Waals surface area contributed by atoms with Gasteiger partial charge in [0.2, 0.25) is 0 Å². The second-order valence-electron chi connectivity index (χ2n) is 0. The molecule has 0 aliphatic carbocycles. The summed E-state index contributed by atoms with van der Waals surface area (Å²) in [4.78, 5) is 0. The fraction of sp³-hybridized carbons (Fsp3) is 0. The molecule has 0 aromatic carbocycles. The van der Waals surface area contributed by atoms with E-state index in [9.17, 15) is 0 Å². The van der Waals surface area contributed by atoms with Gasteiger partial charge in [0.25, 0.3) is 0 Å². The van der Waals surface area contributed by atoms with Gasteiger partial charge in [-0.15, -0.1) is 0 Å². The topological polar surface area (TPSA) is 143 Å². The Balaban J connectivity index is -0.00000000396. The molecule has 9 heteroatoms. The van der Waals surface area contributed by atoms with Crippen molar-refractivity contribution in [2.45, 2.75) is 0 Å². The van der Waals surface area contributed by atoms with Crippen molar-refractivity contribution in [3.05, 3.63) is 0 Å². The van der Waals surface area contributed by atoms with Gasteiger partial charge in [-0.3, -0.25) is 0 Å². The third-order valence-electron chi connectivity index (χ3n) is 0. The van der Waals surface area contributed by atoms with Gasteiger partial charge < -0.3 is 0 Å². The molecule has 72 valence electrons. The first kappa shape index (κ1) is 84.7. The number of nitrogens with zero attached hydrogens (tertiary/aromatic N) is 6. The van der Waals surface area contributed by atoms with Gasteiger partial charge in [0.15, 0.2) is 0 Å². The fourth-order valence-electron chi connectivity index (χ4n) is 0. The minimum atomic E-state index is 0. The molecule has 0 spiro atoms. The van der Waals surface area contributed by atoms with E-state index < -0.39 is 0 Å². The van der Waals surface area contributed by atoms with Crippen LogP contribution in [-0.4, -0.2) is 51.4 Å². The summed E-state index contributed by atoms with van der Waals surface area (Å²) in [6.45, 7) is 21.0. The predicted octanol–water partition coefficient (Wildman–Crippen LogP) is 0.185. The van der Waals surface area contributed by atoms with Crippen molar-refractivity contribution in [2.24, 2.45) is 0 Å². The van der Waals surface area contributed by atoms with Crippen LogP contribution in [0.5, 0.6) is 0 Å². The minimum absolute atomic E-state index is 0. The first-order valence-corrected chi connectivity index (χ1v) is 1.55. The van der Waals surface area contributed by atoms with Gasteiger partial charge in [0.05, 0.1) is 0 Å². The normalized spacial score (nSPS) is 0.800. The van der Waals surface area contributed by atoms with Crippen LogP contribution in [0.15, 0.2) is 0 Å². The van der Waals surface area contributed by atoms with Crippen LogP contribution in [0, 0.1) is 71.0 Å². The summed E-state index contributed by atoms with van der Waals surface area (Å²) >= 11 is 0. The van der Waals surface area contributed by atoms with Crippen molar-refractivity contribution in [3.8, 4) is 39.4 Å². The molecular formula is C6H7FeKN6Zn. The third kappa shape index (κ3) is 23900. The molecule has 0 radical (unpaired) electrons. The van der Waals surface area contributed by atoms with Crippen molar-refractivity contribution in [1.29, 1.82) is 31.6 Å². The molecule has 0 saturated heterocycles. The molecule has 0 unspecified atom stereocenters. The third-order valence-corrected chi connectivity index (χ3v) is 0. The summed E-state index contributed by atoms with van der Waals surface area (Å²) in [6.07, 6.45) is 0. The Morgan fingerprint density at radius 2 is 0.400 bits per heavy atom. The fourth-order valence-corrected chi connectivity index (χ4v) is 0. The van der Waals surface area contributed by atoms with Gasteiger partial charge >= 0.3 is 51.4 Å². The molecule has 6 nitrogen and oxygen atoms in total. The zero-order valence-corrected chi connectivity index (χ0v) is 11.3. The summed E-state index contributed by atoms with van der Waals surface area (Å²) in [7, 11) is 0. The molecule has 0 aliphatic rings. The summed E-state index contributed by atoms with van der Waals surface area (Å²) in [5.74, 6) is 0. The second-order valence-corrected chi connectivity index (χ2v) is 0. The second kappa shape index (κ2) is 28200. The maximum absolute atomic E-state index is 6.50. The van der Waals surface area contributed by atoms with E-state index in [1.807, 2.05) is 0 Å². The zero-order valence-electron chi connectivity index (χ0n) is 7.21. The van der Waals surface area contributed by atoms with Crippen molar-refractivity contribution in [3.63, 3.8) is 0 Å². The maximum Gasteiger partial charge on any atom is 0 e. The van der Waals surface area contributed by atoms with E-state index in [0.29, 0.717) is 0 Å². The Morgan fingerprint density at radius 3 is 0.400 bits per heavy atom. The van der Waals surface area contributed by atoms with Crippen LogP contribution in [0.4, 0.5) is 0 Å². The molecule has 0 heterocycles. The van der Waals surface area contributed by atoms with Crippen LogP contribution in [0.1, 0.15) is 0 Å². The zero-order chi connectivity index (χ0) is 12.0. The predicted molar refractivity (Wildman–Crippen MR) is 47.2 cm³/mol. The molecule has 15 heavy (non-hydrogen) atoms. The van der Waals surface area contributed by atoms with Crippen LogP contribution >= 0.6 is 0 Å². The Morgan fingerprint density at radius 1 is 0.400 bits per heavy atom. The van der Waals surface area contributed by atoms with E-state index in [2.05, 4.69) is 39.4 Å². The van der Waals surface area contributed by atoms with Gasteiger partial charge in [-0.1, -0.05) is 0 Å². The molecule has 0 rings (SSSR count). The molecule has 0 atom stereocenters. The van der Waals surface area contributed by atoms with Crippen LogP contribution in [-0.2, 0) is 36.5 Å². The van der Waals surface area contributed by atoms with Gasteiger partial charge in [0, 0.05) is 76.0 Å². The van der Waals surface area contributed by atoms with E-state index in [0.717, 1.165) is 0 Å². The first-order valence-electron chi connectivity index (χ1n) is 1.55. The van der Waals surface area contributed by atoms with E-state index in [-0.39, 0.29) is 87.9 Å². The Hall–Kier alpha value is -0.281.